The summed E-state index contributed by atoms with van der Waals surface area (Å²) in [5, 5.41) is 31.5. The molecule has 0 fully saturated rings. The quantitative estimate of drug-likeness (QED) is 0.455. The molecule has 2 aromatic rings. The Hall–Kier alpha value is -2.21. The van der Waals surface area contributed by atoms with Gasteiger partial charge in [0.2, 0.25) is 5.75 Å². The van der Waals surface area contributed by atoms with Gasteiger partial charge in [-0.25, -0.2) is 4.98 Å². The van der Waals surface area contributed by atoms with Crippen LogP contribution in [0.15, 0.2) is 30.9 Å². The standard InChI is InChI=1S/C14H19N3O3/c18-12-4-3-11(13(19)14(12)20)9-15-5-1-2-7-17-8-6-16-10-17/h3-4,6,8,10,15,18-20H,1-2,5,7,9H2. The number of benzene rings is 1. The number of imidazole rings is 1. The molecule has 0 aliphatic rings. The summed E-state index contributed by atoms with van der Waals surface area (Å²) >= 11 is 0. The largest absolute Gasteiger partial charge is 0.504 e. The van der Waals surface area contributed by atoms with Crippen molar-refractivity contribution in [3.63, 3.8) is 0 Å². The number of aromatic hydroxyl groups is 3. The molecule has 0 saturated heterocycles. The third-order valence-corrected chi connectivity index (χ3v) is 3.11. The lowest BCUT2D eigenvalue weighted by Gasteiger charge is -2.09. The highest BCUT2D eigenvalue weighted by Gasteiger charge is 2.10. The van der Waals surface area contributed by atoms with E-state index in [-0.39, 0.29) is 11.5 Å². The molecule has 4 N–H and O–H groups in total. The highest BCUT2D eigenvalue weighted by Crippen LogP contribution is 2.36. The van der Waals surface area contributed by atoms with E-state index >= 15 is 0 Å². The number of hydrogen-bond donors (Lipinski definition) is 4. The van der Waals surface area contributed by atoms with Gasteiger partial charge >= 0.3 is 0 Å². The van der Waals surface area contributed by atoms with Crippen molar-refractivity contribution < 1.29 is 15.3 Å². The Labute approximate surface area is 117 Å². The Morgan fingerprint density at radius 2 is 1.95 bits per heavy atom. The van der Waals surface area contributed by atoms with Crippen molar-refractivity contribution in [1.29, 1.82) is 0 Å². The van der Waals surface area contributed by atoms with Gasteiger partial charge in [0.05, 0.1) is 6.33 Å². The van der Waals surface area contributed by atoms with Crippen molar-refractivity contribution in [3.8, 4) is 17.2 Å². The first kappa shape index (κ1) is 14.2. The summed E-state index contributed by atoms with van der Waals surface area (Å²) in [7, 11) is 0. The predicted molar refractivity (Wildman–Crippen MR) is 74.6 cm³/mol. The Balaban J connectivity index is 1.67. The van der Waals surface area contributed by atoms with Gasteiger partial charge in [0.15, 0.2) is 11.5 Å². The molecular formula is C14H19N3O3. The van der Waals surface area contributed by atoms with Crippen LogP contribution in [0, 0.1) is 0 Å². The number of phenolic OH excluding ortho intramolecular Hbond substituents is 3. The molecule has 6 nitrogen and oxygen atoms in total. The molecule has 1 aromatic carbocycles. The lowest BCUT2D eigenvalue weighted by atomic mass is 10.1. The third kappa shape index (κ3) is 3.64. The summed E-state index contributed by atoms with van der Waals surface area (Å²) < 4.78 is 2.03. The molecule has 6 heteroatoms. The van der Waals surface area contributed by atoms with Gasteiger partial charge in [0.1, 0.15) is 0 Å². The SMILES string of the molecule is Oc1ccc(CNCCCCn2ccnc2)c(O)c1O. The monoisotopic (exact) mass is 277 g/mol. The molecule has 0 unspecified atom stereocenters. The normalized spacial score (nSPS) is 10.8. The van der Waals surface area contributed by atoms with E-state index in [2.05, 4.69) is 10.3 Å². The van der Waals surface area contributed by atoms with E-state index in [1.807, 2.05) is 10.8 Å². The van der Waals surface area contributed by atoms with E-state index < -0.39 is 5.75 Å². The average Bonchev–Trinajstić information content (AvgIpc) is 2.95. The van der Waals surface area contributed by atoms with E-state index in [0.29, 0.717) is 12.1 Å². The van der Waals surface area contributed by atoms with Gasteiger partial charge in [0, 0.05) is 31.0 Å². The highest BCUT2D eigenvalue weighted by molar-refractivity contribution is 5.52. The number of nitrogens with one attached hydrogen (secondary N) is 1. The maximum Gasteiger partial charge on any atom is 0.200 e. The van der Waals surface area contributed by atoms with E-state index in [1.165, 1.54) is 6.07 Å². The minimum atomic E-state index is -0.468. The molecule has 0 aliphatic heterocycles. The lowest BCUT2D eigenvalue weighted by molar-refractivity contribution is 0.364. The number of nitrogens with zero attached hydrogens (tertiary/aromatic N) is 2. The summed E-state index contributed by atoms with van der Waals surface area (Å²) in [5.74, 6) is -1.05. The van der Waals surface area contributed by atoms with Crippen LogP contribution in [0.3, 0.4) is 0 Å². The lowest BCUT2D eigenvalue weighted by Crippen LogP contribution is -2.15. The number of phenols is 3. The molecule has 0 bridgehead atoms. The number of hydrogen-bond acceptors (Lipinski definition) is 5. The minimum Gasteiger partial charge on any atom is -0.504 e. The molecule has 1 heterocycles. The second kappa shape index (κ2) is 6.81. The van der Waals surface area contributed by atoms with Crippen molar-refractivity contribution >= 4 is 0 Å². The fourth-order valence-electron chi connectivity index (χ4n) is 1.94. The van der Waals surface area contributed by atoms with Gasteiger partial charge in [-0.2, -0.15) is 0 Å². The molecule has 0 spiro atoms. The van der Waals surface area contributed by atoms with Gasteiger partial charge in [-0.15, -0.1) is 0 Å². The fourth-order valence-corrected chi connectivity index (χ4v) is 1.94. The molecule has 0 aliphatic carbocycles. The number of rotatable bonds is 7. The Morgan fingerprint density at radius 1 is 1.10 bits per heavy atom. The van der Waals surface area contributed by atoms with Crippen LogP contribution in [0.2, 0.25) is 0 Å². The maximum absolute atomic E-state index is 9.65. The van der Waals surface area contributed by atoms with E-state index in [0.717, 1.165) is 25.9 Å². The molecule has 0 amide bonds. The van der Waals surface area contributed by atoms with Crippen LogP contribution < -0.4 is 5.32 Å². The number of unbranched alkanes of at least 4 members (excludes halogenated alkanes) is 1. The zero-order valence-corrected chi connectivity index (χ0v) is 11.2. The van der Waals surface area contributed by atoms with E-state index in [9.17, 15) is 15.3 Å². The van der Waals surface area contributed by atoms with Crippen molar-refractivity contribution in [3.05, 3.63) is 36.4 Å². The smallest absolute Gasteiger partial charge is 0.200 e. The topological polar surface area (TPSA) is 90.5 Å². The first-order valence-electron chi connectivity index (χ1n) is 6.57. The Kier molecular flexibility index (Phi) is 4.84. The zero-order valence-electron chi connectivity index (χ0n) is 11.2. The van der Waals surface area contributed by atoms with Gasteiger partial charge in [-0.1, -0.05) is 6.07 Å². The zero-order chi connectivity index (χ0) is 14.4. The van der Waals surface area contributed by atoms with Gasteiger partial charge in [-0.3, -0.25) is 0 Å². The molecule has 108 valence electrons. The minimum absolute atomic E-state index is 0.268. The van der Waals surface area contributed by atoms with Crippen LogP contribution in [0.1, 0.15) is 18.4 Å². The van der Waals surface area contributed by atoms with Gasteiger partial charge < -0.3 is 25.2 Å². The van der Waals surface area contributed by atoms with E-state index in [1.54, 1.807) is 18.6 Å². The van der Waals surface area contributed by atoms with Crippen molar-refractivity contribution in [2.24, 2.45) is 0 Å². The second-order valence-electron chi connectivity index (χ2n) is 4.63. The van der Waals surface area contributed by atoms with Crippen molar-refractivity contribution in [1.82, 2.24) is 14.9 Å². The average molecular weight is 277 g/mol. The van der Waals surface area contributed by atoms with Gasteiger partial charge in [0.25, 0.3) is 0 Å². The molecule has 2 rings (SSSR count). The van der Waals surface area contributed by atoms with Crippen LogP contribution >= 0.6 is 0 Å². The predicted octanol–water partition coefficient (Wildman–Crippen LogP) is 1.57. The van der Waals surface area contributed by atoms with Crippen LogP contribution in [0.5, 0.6) is 17.2 Å². The summed E-state index contributed by atoms with van der Waals surface area (Å²) in [4.78, 5) is 3.98. The summed E-state index contributed by atoms with van der Waals surface area (Å²) in [6.45, 7) is 2.20. The third-order valence-electron chi connectivity index (χ3n) is 3.11. The fraction of sp³-hybridized carbons (Fsp3) is 0.357. The maximum atomic E-state index is 9.65. The first-order chi connectivity index (χ1) is 9.68. The van der Waals surface area contributed by atoms with Crippen molar-refractivity contribution in [2.75, 3.05) is 6.54 Å². The van der Waals surface area contributed by atoms with Crippen LogP contribution in [0.4, 0.5) is 0 Å². The van der Waals surface area contributed by atoms with Crippen molar-refractivity contribution in [2.45, 2.75) is 25.9 Å². The first-order valence-corrected chi connectivity index (χ1v) is 6.57. The molecule has 20 heavy (non-hydrogen) atoms. The number of aromatic nitrogens is 2. The molecule has 0 radical (unpaired) electrons. The second-order valence-corrected chi connectivity index (χ2v) is 4.63. The molecule has 0 saturated carbocycles. The number of aryl methyl sites for hydroxylation is 1. The van der Waals surface area contributed by atoms with Gasteiger partial charge in [-0.05, 0) is 25.5 Å². The Bertz CT molecular complexity index is 541. The van der Waals surface area contributed by atoms with E-state index in [4.69, 9.17) is 0 Å². The Morgan fingerprint density at radius 3 is 2.70 bits per heavy atom. The summed E-state index contributed by atoms with van der Waals surface area (Å²) in [6, 6.07) is 2.95. The molecular weight excluding hydrogens is 258 g/mol. The molecule has 1 aromatic heterocycles. The van der Waals surface area contributed by atoms with Crippen LogP contribution in [-0.4, -0.2) is 31.4 Å². The molecule has 0 atom stereocenters. The summed E-state index contributed by atoms with van der Waals surface area (Å²) in [5.41, 5.74) is 0.565. The summed E-state index contributed by atoms with van der Waals surface area (Å²) in [6.07, 6.45) is 7.53. The highest BCUT2D eigenvalue weighted by atomic mass is 16.3. The van der Waals surface area contributed by atoms with Crippen LogP contribution in [0.25, 0.3) is 0 Å². The van der Waals surface area contributed by atoms with Crippen LogP contribution in [-0.2, 0) is 13.1 Å².